The average Bonchev–Trinajstić information content (AvgIpc) is 2.62. The minimum Gasteiger partial charge on any atom is -0.480 e. The van der Waals surface area contributed by atoms with Crippen molar-refractivity contribution >= 4 is 17.5 Å². The van der Waals surface area contributed by atoms with Gasteiger partial charge in [-0.3, -0.25) is 4.98 Å². The molecule has 23 heavy (non-hydrogen) atoms. The number of nitrogens with one attached hydrogen (secondary N) is 1. The van der Waals surface area contributed by atoms with Gasteiger partial charge in [0.15, 0.2) is 0 Å². The zero-order valence-electron chi connectivity index (χ0n) is 12.5. The molecule has 116 valence electrons. The summed E-state index contributed by atoms with van der Waals surface area (Å²) in [5.74, 6) is 0.828. The molecule has 6 heteroatoms. The summed E-state index contributed by atoms with van der Waals surface area (Å²) in [7, 11) is 1.52. The van der Waals surface area contributed by atoms with E-state index in [-0.39, 0.29) is 0 Å². The summed E-state index contributed by atoms with van der Waals surface area (Å²) >= 11 is 5.91. The van der Waals surface area contributed by atoms with Crippen molar-refractivity contribution in [1.29, 1.82) is 0 Å². The van der Waals surface area contributed by atoms with Gasteiger partial charge in [0.1, 0.15) is 5.02 Å². The first-order valence-electron chi connectivity index (χ1n) is 7.07. The van der Waals surface area contributed by atoms with Crippen LogP contribution in [0.5, 0.6) is 5.88 Å². The van der Waals surface area contributed by atoms with E-state index in [0.29, 0.717) is 23.4 Å². The van der Waals surface area contributed by atoms with Crippen molar-refractivity contribution < 1.29 is 4.74 Å². The number of pyridine rings is 1. The lowest BCUT2D eigenvalue weighted by Crippen LogP contribution is -2.04. The number of methoxy groups -OCH3 is 1. The Hall–Kier alpha value is -2.66. The van der Waals surface area contributed by atoms with Crippen LogP contribution in [0.25, 0.3) is 11.3 Å². The molecular weight excluding hydrogens is 312 g/mol. The van der Waals surface area contributed by atoms with E-state index in [2.05, 4.69) is 20.3 Å². The maximum absolute atomic E-state index is 5.91. The number of benzene rings is 1. The highest BCUT2D eigenvalue weighted by molar-refractivity contribution is 6.31. The Morgan fingerprint density at radius 1 is 1.09 bits per heavy atom. The first-order chi connectivity index (χ1) is 11.3. The number of rotatable bonds is 5. The van der Waals surface area contributed by atoms with Gasteiger partial charge in [0.05, 0.1) is 19.0 Å². The highest BCUT2D eigenvalue weighted by atomic mass is 35.5. The Labute approximate surface area is 139 Å². The number of hydrogen-bond acceptors (Lipinski definition) is 5. The quantitative estimate of drug-likeness (QED) is 0.772. The summed E-state index contributed by atoms with van der Waals surface area (Å²) in [5.41, 5.74) is 3.15. The third kappa shape index (κ3) is 3.76. The predicted octanol–water partition coefficient (Wildman–Crippen LogP) is 3.81. The SMILES string of the molecule is COc1nc(NCc2ccc(-c3ccccn3)cc2)ncc1Cl. The van der Waals surface area contributed by atoms with Gasteiger partial charge >= 0.3 is 0 Å². The number of anilines is 1. The molecule has 0 saturated heterocycles. The standard InChI is InChI=1S/C17H15ClN4O/c1-23-16-14(18)11-21-17(22-16)20-10-12-5-7-13(8-6-12)15-4-2-3-9-19-15/h2-9,11H,10H2,1H3,(H,20,21,22). The van der Waals surface area contributed by atoms with Crippen LogP contribution in [-0.2, 0) is 6.54 Å². The highest BCUT2D eigenvalue weighted by Crippen LogP contribution is 2.21. The topological polar surface area (TPSA) is 59.9 Å². The first-order valence-corrected chi connectivity index (χ1v) is 7.45. The van der Waals surface area contributed by atoms with E-state index >= 15 is 0 Å². The van der Waals surface area contributed by atoms with E-state index in [1.54, 1.807) is 6.20 Å². The van der Waals surface area contributed by atoms with E-state index in [0.717, 1.165) is 16.8 Å². The van der Waals surface area contributed by atoms with Gasteiger partial charge in [-0.2, -0.15) is 4.98 Å². The molecule has 3 rings (SSSR count). The predicted molar refractivity (Wildman–Crippen MR) is 90.6 cm³/mol. The molecule has 1 aromatic carbocycles. The van der Waals surface area contributed by atoms with Crippen molar-refractivity contribution in [2.75, 3.05) is 12.4 Å². The summed E-state index contributed by atoms with van der Waals surface area (Å²) in [4.78, 5) is 12.6. The Morgan fingerprint density at radius 2 is 1.91 bits per heavy atom. The molecule has 2 heterocycles. The monoisotopic (exact) mass is 326 g/mol. The zero-order chi connectivity index (χ0) is 16.1. The van der Waals surface area contributed by atoms with Crippen LogP contribution in [0.15, 0.2) is 54.9 Å². The van der Waals surface area contributed by atoms with Crippen molar-refractivity contribution in [2.45, 2.75) is 6.54 Å². The third-order valence-corrected chi connectivity index (χ3v) is 3.53. The van der Waals surface area contributed by atoms with Crippen molar-refractivity contribution in [3.63, 3.8) is 0 Å². The first kappa shape index (κ1) is 15.2. The molecule has 2 aromatic heterocycles. The van der Waals surface area contributed by atoms with E-state index in [4.69, 9.17) is 16.3 Å². The summed E-state index contributed by atoms with van der Waals surface area (Å²) in [5, 5.41) is 3.53. The van der Waals surface area contributed by atoms with Crippen molar-refractivity contribution in [2.24, 2.45) is 0 Å². The number of ether oxygens (including phenoxy) is 1. The van der Waals surface area contributed by atoms with Gasteiger partial charge in [0.2, 0.25) is 11.8 Å². The molecule has 0 amide bonds. The molecule has 0 aliphatic heterocycles. The van der Waals surface area contributed by atoms with Gasteiger partial charge in [-0.05, 0) is 17.7 Å². The molecule has 0 aliphatic rings. The van der Waals surface area contributed by atoms with E-state index in [1.165, 1.54) is 13.3 Å². The van der Waals surface area contributed by atoms with Gasteiger partial charge in [-0.15, -0.1) is 0 Å². The second-order valence-corrected chi connectivity index (χ2v) is 5.22. The lowest BCUT2D eigenvalue weighted by molar-refractivity contribution is 0.397. The molecule has 0 unspecified atom stereocenters. The van der Waals surface area contributed by atoms with Crippen molar-refractivity contribution in [3.05, 3.63) is 65.4 Å². The van der Waals surface area contributed by atoms with Crippen LogP contribution in [-0.4, -0.2) is 22.1 Å². The molecule has 0 radical (unpaired) electrons. The molecule has 0 aliphatic carbocycles. The fraction of sp³-hybridized carbons (Fsp3) is 0.118. The zero-order valence-corrected chi connectivity index (χ0v) is 13.3. The second-order valence-electron chi connectivity index (χ2n) is 4.82. The maximum Gasteiger partial charge on any atom is 0.237 e. The molecule has 0 saturated carbocycles. The molecule has 0 fully saturated rings. The number of nitrogens with zero attached hydrogens (tertiary/aromatic N) is 3. The molecule has 0 atom stereocenters. The Balaban J connectivity index is 1.67. The fourth-order valence-corrected chi connectivity index (χ4v) is 2.26. The lowest BCUT2D eigenvalue weighted by Gasteiger charge is -2.08. The Kier molecular flexibility index (Phi) is 4.68. The Morgan fingerprint density at radius 3 is 2.61 bits per heavy atom. The van der Waals surface area contributed by atoms with E-state index < -0.39 is 0 Å². The molecule has 0 spiro atoms. The van der Waals surface area contributed by atoms with Crippen LogP contribution < -0.4 is 10.1 Å². The number of hydrogen-bond donors (Lipinski definition) is 1. The molecular formula is C17H15ClN4O. The van der Waals surface area contributed by atoms with Gasteiger partial charge in [-0.1, -0.05) is 41.9 Å². The van der Waals surface area contributed by atoms with E-state index in [9.17, 15) is 0 Å². The molecule has 5 nitrogen and oxygen atoms in total. The third-order valence-electron chi connectivity index (χ3n) is 3.27. The van der Waals surface area contributed by atoms with Crippen LogP contribution in [0.3, 0.4) is 0 Å². The number of aromatic nitrogens is 3. The lowest BCUT2D eigenvalue weighted by atomic mass is 10.1. The Bertz CT molecular complexity index is 778. The summed E-state index contributed by atoms with van der Waals surface area (Å²) in [6.45, 7) is 0.604. The molecule has 0 bridgehead atoms. The largest absolute Gasteiger partial charge is 0.480 e. The minimum atomic E-state index is 0.356. The van der Waals surface area contributed by atoms with E-state index in [1.807, 2.05) is 42.5 Å². The molecule has 1 N–H and O–H groups in total. The minimum absolute atomic E-state index is 0.356. The van der Waals surface area contributed by atoms with Crippen LogP contribution >= 0.6 is 11.6 Å². The highest BCUT2D eigenvalue weighted by Gasteiger charge is 2.05. The van der Waals surface area contributed by atoms with Crippen LogP contribution in [0.2, 0.25) is 5.02 Å². The normalized spacial score (nSPS) is 10.3. The smallest absolute Gasteiger partial charge is 0.237 e. The maximum atomic E-state index is 5.91. The second kappa shape index (κ2) is 7.07. The van der Waals surface area contributed by atoms with Crippen molar-refractivity contribution in [1.82, 2.24) is 15.0 Å². The van der Waals surface area contributed by atoms with Gasteiger partial charge in [-0.25, -0.2) is 4.98 Å². The van der Waals surface area contributed by atoms with Gasteiger partial charge in [0, 0.05) is 18.3 Å². The number of halogens is 1. The van der Waals surface area contributed by atoms with Crippen LogP contribution in [0, 0.1) is 0 Å². The summed E-state index contributed by atoms with van der Waals surface area (Å²) in [6.07, 6.45) is 3.30. The van der Waals surface area contributed by atoms with Crippen LogP contribution in [0.4, 0.5) is 5.95 Å². The van der Waals surface area contributed by atoms with Crippen LogP contribution in [0.1, 0.15) is 5.56 Å². The van der Waals surface area contributed by atoms with Crippen molar-refractivity contribution in [3.8, 4) is 17.1 Å². The van der Waals surface area contributed by atoms with Gasteiger partial charge in [0.25, 0.3) is 0 Å². The summed E-state index contributed by atoms with van der Waals surface area (Å²) in [6, 6.07) is 14.0. The summed E-state index contributed by atoms with van der Waals surface area (Å²) < 4.78 is 5.07. The molecule has 3 aromatic rings. The fourth-order valence-electron chi connectivity index (χ4n) is 2.09. The average molecular weight is 327 g/mol. The van der Waals surface area contributed by atoms with Gasteiger partial charge < -0.3 is 10.1 Å².